The Morgan fingerprint density at radius 1 is 0.957 bits per heavy atom. The fourth-order valence-electron chi connectivity index (χ4n) is 1.68. The van der Waals surface area contributed by atoms with E-state index in [2.05, 4.69) is 11.2 Å². The molecule has 0 spiro atoms. The van der Waals surface area contributed by atoms with Gasteiger partial charge < -0.3 is 4.74 Å². The normalized spacial score (nSPS) is 11.5. The van der Waals surface area contributed by atoms with Crippen molar-refractivity contribution in [1.29, 1.82) is 0 Å². The van der Waals surface area contributed by atoms with E-state index in [-0.39, 0.29) is 4.90 Å². The van der Waals surface area contributed by atoms with Crippen LogP contribution in [-0.2, 0) is 16.0 Å². The minimum absolute atomic E-state index is 0.286. The van der Waals surface area contributed by atoms with E-state index in [1.165, 1.54) is 7.11 Å². The Bertz CT molecular complexity index is 841. The first-order valence-corrected chi connectivity index (χ1v) is 7.80. The number of sulfone groups is 1. The molecule has 3 nitrogen and oxygen atoms in total. The third-order valence-electron chi connectivity index (χ3n) is 2.91. The van der Waals surface area contributed by atoms with E-state index in [9.17, 15) is 21.6 Å². The predicted octanol–water partition coefficient (Wildman–Crippen LogP) is 3.50. The number of rotatable bonds is 2. The monoisotopic (exact) mass is 340 g/mol. The maximum atomic E-state index is 12.5. The first kappa shape index (κ1) is 16.9. The number of ether oxygens (including phenoxy) is 1. The van der Waals surface area contributed by atoms with Crippen LogP contribution in [0.2, 0.25) is 0 Å². The van der Waals surface area contributed by atoms with Crippen molar-refractivity contribution >= 4 is 9.84 Å². The summed E-state index contributed by atoms with van der Waals surface area (Å²) < 4.78 is 66.4. The second-order valence-electron chi connectivity index (χ2n) is 4.48. The molecule has 0 atom stereocenters. The van der Waals surface area contributed by atoms with Crippen LogP contribution in [-0.4, -0.2) is 15.5 Å². The van der Waals surface area contributed by atoms with Gasteiger partial charge in [-0.25, -0.2) is 8.42 Å². The standard InChI is InChI=1S/C16H11F3O3S/c1-22-14-6-2-12(3-7-14)10-11-23(20,21)15-8-4-13(5-9-15)16(17,18)19/h2-9H,1H3. The van der Waals surface area contributed by atoms with Crippen molar-refractivity contribution in [2.75, 3.05) is 7.11 Å². The zero-order chi connectivity index (χ0) is 17.1. The largest absolute Gasteiger partial charge is 0.497 e. The minimum atomic E-state index is -4.52. The Balaban J connectivity index is 2.27. The van der Waals surface area contributed by atoms with Crippen LogP contribution in [0.25, 0.3) is 0 Å². The summed E-state index contributed by atoms with van der Waals surface area (Å²) in [4.78, 5) is -0.286. The van der Waals surface area contributed by atoms with E-state index in [4.69, 9.17) is 4.74 Å². The molecular formula is C16H11F3O3S. The van der Waals surface area contributed by atoms with Gasteiger partial charge >= 0.3 is 6.18 Å². The summed E-state index contributed by atoms with van der Waals surface area (Å²) in [5.74, 6) is 3.06. The predicted molar refractivity (Wildman–Crippen MR) is 78.5 cm³/mol. The van der Waals surface area contributed by atoms with E-state index < -0.39 is 21.6 Å². The lowest BCUT2D eigenvalue weighted by Crippen LogP contribution is -2.05. The highest BCUT2D eigenvalue weighted by Crippen LogP contribution is 2.29. The smallest absolute Gasteiger partial charge is 0.416 e. The molecule has 0 bridgehead atoms. The van der Waals surface area contributed by atoms with E-state index in [0.29, 0.717) is 23.4 Å². The van der Waals surface area contributed by atoms with Gasteiger partial charge in [0.1, 0.15) is 5.75 Å². The van der Waals surface area contributed by atoms with Gasteiger partial charge in [0.2, 0.25) is 9.84 Å². The molecule has 0 aromatic heterocycles. The Morgan fingerprint density at radius 2 is 1.52 bits per heavy atom. The average molecular weight is 340 g/mol. The molecular weight excluding hydrogens is 329 g/mol. The zero-order valence-electron chi connectivity index (χ0n) is 11.9. The molecule has 0 amide bonds. The summed E-state index contributed by atoms with van der Waals surface area (Å²) in [7, 11) is -2.50. The lowest BCUT2D eigenvalue weighted by atomic mass is 10.2. The molecule has 0 saturated heterocycles. The Labute approximate surface area is 131 Å². The van der Waals surface area contributed by atoms with Gasteiger partial charge in [0.05, 0.1) is 17.6 Å². The van der Waals surface area contributed by atoms with Crippen LogP contribution in [0.3, 0.4) is 0 Å². The molecule has 0 saturated carbocycles. The van der Waals surface area contributed by atoms with Crippen molar-refractivity contribution in [2.24, 2.45) is 0 Å². The third-order valence-corrected chi connectivity index (χ3v) is 4.18. The molecule has 0 aliphatic heterocycles. The highest BCUT2D eigenvalue weighted by Gasteiger charge is 2.30. The highest BCUT2D eigenvalue weighted by molar-refractivity contribution is 7.96. The Kier molecular flexibility index (Phi) is 4.66. The van der Waals surface area contributed by atoms with Gasteiger partial charge in [0, 0.05) is 10.8 Å². The van der Waals surface area contributed by atoms with Gasteiger partial charge in [0.15, 0.2) is 0 Å². The molecule has 0 aliphatic carbocycles. The lowest BCUT2D eigenvalue weighted by Gasteiger charge is -2.06. The summed E-state index contributed by atoms with van der Waals surface area (Å²) in [5, 5.41) is 2.09. The van der Waals surface area contributed by atoms with Crippen LogP contribution in [0.15, 0.2) is 53.4 Å². The molecule has 0 unspecified atom stereocenters. The van der Waals surface area contributed by atoms with Gasteiger partial charge in [0.25, 0.3) is 0 Å². The summed E-state index contributed by atoms with van der Waals surface area (Å²) in [5.41, 5.74) is -0.471. The number of hydrogen-bond donors (Lipinski definition) is 0. The molecule has 120 valence electrons. The summed E-state index contributed by atoms with van der Waals surface area (Å²) in [6.07, 6.45) is -4.52. The van der Waals surface area contributed by atoms with E-state index in [0.717, 1.165) is 12.1 Å². The minimum Gasteiger partial charge on any atom is -0.497 e. The molecule has 0 radical (unpaired) electrons. The summed E-state index contributed by atoms with van der Waals surface area (Å²) in [6.45, 7) is 0. The van der Waals surface area contributed by atoms with Crippen LogP contribution in [0.1, 0.15) is 11.1 Å². The molecule has 0 aliphatic rings. The maximum Gasteiger partial charge on any atom is 0.416 e. The van der Waals surface area contributed by atoms with Crippen LogP contribution < -0.4 is 4.74 Å². The first-order valence-electron chi connectivity index (χ1n) is 6.31. The molecule has 2 rings (SSSR count). The summed E-state index contributed by atoms with van der Waals surface area (Å²) in [6, 6.07) is 9.59. The Morgan fingerprint density at radius 3 is 2.00 bits per heavy atom. The molecule has 0 N–H and O–H groups in total. The van der Waals surface area contributed by atoms with Crippen molar-refractivity contribution in [3.63, 3.8) is 0 Å². The first-order chi connectivity index (χ1) is 10.7. The summed E-state index contributed by atoms with van der Waals surface area (Å²) >= 11 is 0. The molecule has 2 aromatic carbocycles. The van der Waals surface area contributed by atoms with Gasteiger partial charge in [-0.3, -0.25) is 0 Å². The number of halogens is 3. The fourth-order valence-corrected chi connectivity index (χ4v) is 2.55. The van der Waals surface area contributed by atoms with Crippen LogP contribution >= 0.6 is 0 Å². The molecule has 23 heavy (non-hydrogen) atoms. The lowest BCUT2D eigenvalue weighted by molar-refractivity contribution is -0.137. The topological polar surface area (TPSA) is 43.4 Å². The van der Waals surface area contributed by atoms with Gasteiger partial charge in [-0.1, -0.05) is 0 Å². The number of methoxy groups -OCH3 is 1. The molecule has 0 heterocycles. The second-order valence-corrected chi connectivity index (χ2v) is 6.16. The maximum absolute atomic E-state index is 12.5. The zero-order valence-corrected chi connectivity index (χ0v) is 12.7. The van der Waals surface area contributed by atoms with E-state index >= 15 is 0 Å². The van der Waals surface area contributed by atoms with Gasteiger partial charge in [-0.2, -0.15) is 13.2 Å². The third kappa shape index (κ3) is 4.27. The average Bonchev–Trinajstić information content (AvgIpc) is 2.53. The second kappa shape index (κ2) is 6.34. The van der Waals surface area contributed by atoms with Crippen molar-refractivity contribution < 1.29 is 26.3 Å². The van der Waals surface area contributed by atoms with Crippen molar-refractivity contribution in [2.45, 2.75) is 11.1 Å². The van der Waals surface area contributed by atoms with Crippen molar-refractivity contribution in [3.05, 3.63) is 59.7 Å². The molecule has 7 heteroatoms. The van der Waals surface area contributed by atoms with Crippen molar-refractivity contribution in [1.82, 2.24) is 0 Å². The number of alkyl halides is 3. The van der Waals surface area contributed by atoms with E-state index in [1.54, 1.807) is 24.3 Å². The van der Waals surface area contributed by atoms with Gasteiger partial charge in [-0.05, 0) is 54.5 Å². The SMILES string of the molecule is COc1ccc(C#CS(=O)(=O)c2ccc(C(F)(F)F)cc2)cc1. The van der Waals surface area contributed by atoms with E-state index in [1.807, 2.05) is 0 Å². The quantitative estimate of drug-likeness (QED) is 0.786. The highest BCUT2D eigenvalue weighted by atomic mass is 32.2. The molecule has 0 fully saturated rings. The molecule has 2 aromatic rings. The van der Waals surface area contributed by atoms with Crippen LogP contribution in [0.4, 0.5) is 13.2 Å². The van der Waals surface area contributed by atoms with Crippen LogP contribution in [0.5, 0.6) is 5.75 Å². The van der Waals surface area contributed by atoms with Crippen molar-refractivity contribution in [3.8, 4) is 16.9 Å². The number of benzene rings is 2. The fraction of sp³-hybridized carbons (Fsp3) is 0.125. The Hall–Kier alpha value is -2.46. The van der Waals surface area contributed by atoms with Gasteiger partial charge in [-0.15, -0.1) is 0 Å². The number of hydrogen-bond acceptors (Lipinski definition) is 3. The van der Waals surface area contributed by atoms with Crippen LogP contribution in [0, 0.1) is 11.2 Å².